The first-order chi connectivity index (χ1) is 15.7. The van der Waals surface area contributed by atoms with Crippen LogP contribution in [0.25, 0.3) is 11.3 Å². The molecule has 182 valence electrons. The van der Waals surface area contributed by atoms with Gasteiger partial charge in [0.2, 0.25) is 5.95 Å². The van der Waals surface area contributed by atoms with Crippen LogP contribution in [0.1, 0.15) is 27.2 Å². The standard InChI is InChI=1S/C19H22F4N6O2.C2H6/c1-11-9-28(4-5-30-11)15-7-13(12-6-14(31-17(20)21)16(24)25-8-12)26-18(27-15)29-3-2-19(22,23)10-29;1-2/h6-8,11,17H,2-5,9-10H2,1H3,(H2,24,25);1-2H3. The molecule has 0 bridgehead atoms. The maximum atomic E-state index is 13.8. The zero-order valence-corrected chi connectivity index (χ0v) is 18.8. The number of alkyl halides is 4. The molecular weight excluding hydrogens is 444 g/mol. The largest absolute Gasteiger partial charge is 0.431 e. The van der Waals surface area contributed by atoms with Gasteiger partial charge in [-0.2, -0.15) is 13.8 Å². The molecule has 4 heterocycles. The third-order valence-corrected chi connectivity index (χ3v) is 5.11. The molecule has 0 radical (unpaired) electrons. The molecule has 0 saturated carbocycles. The molecule has 2 N–H and O–H groups in total. The molecule has 2 aromatic heterocycles. The third kappa shape index (κ3) is 6.12. The molecule has 0 aliphatic carbocycles. The summed E-state index contributed by atoms with van der Waals surface area (Å²) >= 11 is 0. The summed E-state index contributed by atoms with van der Waals surface area (Å²) in [6.07, 6.45) is 1.04. The average molecular weight is 472 g/mol. The summed E-state index contributed by atoms with van der Waals surface area (Å²) in [5, 5.41) is 0. The Morgan fingerprint density at radius 1 is 1.18 bits per heavy atom. The first kappa shape index (κ1) is 24.7. The number of nitrogens with zero attached hydrogens (tertiary/aromatic N) is 5. The summed E-state index contributed by atoms with van der Waals surface area (Å²) in [4.78, 5) is 16.2. The van der Waals surface area contributed by atoms with Crippen molar-refractivity contribution in [3.05, 3.63) is 18.3 Å². The third-order valence-electron chi connectivity index (χ3n) is 5.11. The molecule has 33 heavy (non-hydrogen) atoms. The molecule has 12 heteroatoms. The molecule has 4 rings (SSSR count). The van der Waals surface area contributed by atoms with Crippen LogP contribution in [0.2, 0.25) is 0 Å². The van der Waals surface area contributed by atoms with Gasteiger partial charge in [0.15, 0.2) is 11.6 Å². The van der Waals surface area contributed by atoms with Crippen molar-refractivity contribution in [3.63, 3.8) is 0 Å². The predicted molar refractivity (Wildman–Crippen MR) is 117 cm³/mol. The number of hydrogen-bond acceptors (Lipinski definition) is 8. The van der Waals surface area contributed by atoms with Gasteiger partial charge < -0.3 is 25.0 Å². The lowest BCUT2D eigenvalue weighted by atomic mass is 10.2. The molecule has 0 spiro atoms. The summed E-state index contributed by atoms with van der Waals surface area (Å²) in [5.41, 5.74) is 6.30. The monoisotopic (exact) mass is 472 g/mol. The van der Waals surface area contributed by atoms with E-state index in [4.69, 9.17) is 10.5 Å². The lowest BCUT2D eigenvalue weighted by molar-refractivity contribution is -0.0494. The van der Waals surface area contributed by atoms with Crippen LogP contribution in [0.4, 0.5) is 35.1 Å². The fourth-order valence-electron chi connectivity index (χ4n) is 3.59. The highest BCUT2D eigenvalue weighted by molar-refractivity contribution is 5.68. The second kappa shape index (κ2) is 10.4. The van der Waals surface area contributed by atoms with Crippen LogP contribution in [0.5, 0.6) is 5.75 Å². The van der Waals surface area contributed by atoms with E-state index in [9.17, 15) is 17.6 Å². The van der Waals surface area contributed by atoms with Crippen molar-refractivity contribution in [2.75, 3.05) is 48.3 Å². The summed E-state index contributed by atoms with van der Waals surface area (Å²) in [6, 6.07) is 2.96. The Balaban J connectivity index is 0.00000149. The number of nitrogens with two attached hydrogens (primary N) is 1. The van der Waals surface area contributed by atoms with Crippen LogP contribution in [-0.4, -0.2) is 66.4 Å². The van der Waals surface area contributed by atoms with E-state index in [1.807, 2.05) is 25.7 Å². The number of halogens is 4. The van der Waals surface area contributed by atoms with E-state index in [0.29, 0.717) is 36.8 Å². The van der Waals surface area contributed by atoms with Gasteiger partial charge in [0.1, 0.15) is 5.82 Å². The quantitative estimate of drug-likeness (QED) is 0.657. The fourth-order valence-corrected chi connectivity index (χ4v) is 3.59. The minimum absolute atomic E-state index is 0.0315. The highest BCUT2D eigenvalue weighted by atomic mass is 19.3. The molecule has 2 saturated heterocycles. The molecule has 1 atom stereocenters. The number of anilines is 3. The summed E-state index contributed by atoms with van der Waals surface area (Å²) in [5.74, 6) is -2.65. The molecule has 0 aromatic carbocycles. The lowest BCUT2D eigenvalue weighted by Gasteiger charge is -2.32. The van der Waals surface area contributed by atoms with E-state index < -0.39 is 19.1 Å². The van der Waals surface area contributed by atoms with E-state index >= 15 is 0 Å². The van der Waals surface area contributed by atoms with Crippen molar-refractivity contribution >= 4 is 17.6 Å². The Hall–Kier alpha value is -2.89. The Morgan fingerprint density at radius 3 is 2.58 bits per heavy atom. The molecule has 8 nitrogen and oxygen atoms in total. The first-order valence-corrected chi connectivity index (χ1v) is 10.8. The molecule has 0 amide bonds. The van der Waals surface area contributed by atoms with Crippen LogP contribution in [0.3, 0.4) is 0 Å². The number of rotatable bonds is 5. The molecule has 2 aliphatic rings. The predicted octanol–water partition coefficient (Wildman–Crippen LogP) is 3.82. The minimum atomic E-state index is -3.07. The maximum Gasteiger partial charge on any atom is 0.387 e. The van der Waals surface area contributed by atoms with Gasteiger partial charge in [-0.05, 0) is 13.0 Å². The second-order valence-electron chi connectivity index (χ2n) is 7.55. The van der Waals surface area contributed by atoms with Crippen molar-refractivity contribution in [2.45, 2.75) is 45.8 Å². The lowest BCUT2D eigenvalue weighted by Crippen LogP contribution is -2.41. The topological polar surface area (TPSA) is 89.6 Å². The van der Waals surface area contributed by atoms with Gasteiger partial charge in [0.05, 0.1) is 24.9 Å². The van der Waals surface area contributed by atoms with E-state index in [0.717, 1.165) is 0 Å². The van der Waals surface area contributed by atoms with E-state index in [1.165, 1.54) is 17.2 Å². The molecular formula is C21H28F4N6O2. The Bertz CT molecular complexity index is 929. The zero-order valence-electron chi connectivity index (χ0n) is 18.8. The zero-order chi connectivity index (χ0) is 24.2. The summed E-state index contributed by atoms with van der Waals surface area (Å²) in [7, 11) is 0. The van der Waals surface area contributed by atoms with E-state index in [1.54, 1.807) is 6.07 Å². The normalized spacial score (nSPS) is 19.9. The van der Waals surface area contributed by atoms with Gasteiger partial charge in [0.25, 0.3) is 5.92 Å². The minimum Gasteiger partial charge on any atom is -0.431 e. The number of aromatic nitrogens is 3. The van der Waals surface area contributed by atoms with Crippen LogP contribution >= 0.6 is 0 Å². The van der Waals surface area contributed by atoms with Crippen LogP contribution in [0, 0.1) is 0 Å². The summed E-state index contributed by atoms with van der Waals surface area (Å²) < 4.78 is 63.0. The molecule has 2 fully saturated rings. The van der Waals surface area contributed by atoms with Crippen molar-refractivity contribution in [3.8, 4) is 17.0 Å². The first-order valence-electron chi connectivity index (χ1n) is 10.8. The average Bonchev–Trinajstić information content (AvgIpc) is 3.16. The van der Waals surface area contributed by atoms with Gasteiger partial charge in [-0.15, -0.1) is 0 Å². The fraction of sp³-hybridized carbons (Fsp3) is 0.571. The van der Waals surface area contributed by atoms with Crippen LogP contribution < -0.4 is 20.3 Å². The number of morpholine rings is 1. The van der Waals surface area contributed by atoms with Gasteiger partial charge in [0, 0.05) is 43.9 Å². The number of pyridine rings is 1. The van der Waals surface area contributed by atoms with Gasteiger partial charge in [-0.3, -0.25) is 0 Å². The maximum absolute atomic E-state index is 13.8. The number of hydrogen-bond donors (Lipinski definition) is 1. The van der Waals surface area contributed by atoms with Crippen LogP contribution in [0.15, 0.2) is 18.3 Å². The van der Waals surface area contributed by atoms with Crippen LogP contribution in [-0.2, 0) is 4.74 Å². The van der Waals surface area contributed by atoms with E-state index in [-0.39, 0.29) is 36.6 Å². The van der Waals surface area contributed by atoms with Crippen molar-refractivity contribution in [1.29, 1.82) is 0 Å². The molecule has 1 unspecified atom stereocenters. The van der Waals surface area contributed by atoms with Gasteiger partial charge >= 0.3 is 6.61 Å². The number of ether oxygens (including phenoxy) is 2. The highest BCUT2D eigenvalue weighted by Crippen LogP contribution is 2.33. The Morgan fingerprint density at radius 2 is 1.94 bits per heavy atom. The van der Waals surface area contributed by atoms with E-state index in [2.05, 4.69) is 19.7 Å². The van der Waals surface area contributed by atoms with Crippen molar-refractivity contribution in [1.82, 2.24) is 15.0 Å². The Kier molecular flexibility index (Phi) is 7.77. The van der Waals surface area contributed by atoms with Gasteiger partial charge in [-0.25, -0.2) is 18.7 Å². The van der Waals surface area contributed by atoms with Crippen molar-refractivity contribution in [2.24, 2.45) is 0 Å². The van der Waals surface area contributed by atoms with Crippen molar-refractivity contribution < 1.29 is 27.0 Å². The Labute approximate surface area is 189 Å². The second-order valence-corrected chi connectivity index (χ2v) is 7.55. The van der Waals surface area contributed by atoms with Gasteiger partial charge in [-0.1, -0.05) is 13.8 Å². The SMILES string of the molecule is CC.CC1CN(c2cc(-c3cnc(N)c(OC(F)F)c3)nc(N3CCC(F)(F)C3)n2)CCO1. The smallest absolute Gasteiger partial charge is 0.387 e. The summed E-state index contributed by atoms with van der Waals surface area (Å²) in [6.45, 7) is 4.09. The number of nitrogen functional groups attached to an aromatic ring is 1. The highest BCUT2D eigenvalue weighted by Gasteiger charge is 2.39. The molecule has 2 aliphatic heterocycles. The molecule has 2 aromatic rings.